The number of aliphatic hydroxyl groups excluding tert-OH is 1. The molecule has 1 aromatic heterocycles. The molecule has 1 aromatic carbocycles. The van der Waals surface area contributed by atoms with Crippen LogP contribution in [0.4, 0.5) is 0 Å². The summed E-state index contributed by atoms with van der Waals surface area (Å²) in [6.45, 7) is 0.880. The third-order valence-electron chi connectivity index (χ3n) is 4.29. The Morgan fingerprint density at radius 1 is 1.41 bits per heavy atom. The molecule has 1 atom stereocenters. The number of halogens is 1. The number of H-pyrrole nitrogens is 1. The van der Waals surface area contributed by atoms with E-state index < -0.39 is 16.1 Å². The molecular formula is C14H18ClN3O3S. The molecule has 0 radical (unpaired) electrons. The number of aromatic amines is 1. The maximum atomic E-state index is 11.6. The van der Waals surface area contributed by atoms with Crippen LogP contribution in [-0.4, -0.2) is 47.4 Å². The van der Waals surface area contributed by atoms with E-state index in [1.54, 1.807) is 18.3 Å². The zero-order chi connectivity index (χ0) is 15.9. The topological polar surface area (TPSA) is 86.3 Å². The Kier molecular flexibility index (Phi) is 4.15. The van der Waals surface area contributed by atoms with Gasteiger partial charge < -0.3 is 5.11 Å². The average Bonchev–Trinajstić information content (AvgIpc) is 2.93. The first-order chi connectivity index (χ1) is 10.4. The minimum absolute atomic E-state index is 0.00886. The van der Waals surface area contributed by atoms with Crippen molar-refractivity contribution in [1.82, 2.24) is 14.5 Å². The van der Waals surface area contributed by atoms with Crippen LogP contribution >= 0.6 is 11.6 Å². The zero-order valence-electron chi connectivity index (χ0n) is 12.2. The van der Waals surface area contributed by atoms with Crippen molar-refractivity contribution in [2.45, 2.75) is 18.9 Å². The van der Waals surface area contributed by atoms with Gasteiger partial charge in [-0.05, 0) is 36.5 Å². The second kappa shape index (κ2) is 5.81. The van der Waals surface area contributed by atoms with Gasteiger partial charge in [-0.3, -0.25) is 5.10 Å². The van der Waals surface area contributed by atoms with Crippen molar-refractivity contribution >= 4 is 32.5 Å². The number of nitrogens with one attached hydrogen (secondary N) is 1. The molecule has 1 unspecified atom stereocenters. The first kappa shape index (κ1) is 15.7. The highest BCUT2D eigenvalue weighted by molar-refractivity contribution is 7.88. The summed E-state index contributed by atoms with van der Waals surface area (Å²) in [5.74, 6) is 0.00886. The maximum absolute atomic E-state index is 11.6. The quantitative estimate of drug-likeness (QED) is 0.891. The van der Waals surface area contributed by atoms with E-state index in [0.29, 0.717) is 31.0 Å². The van der Waals surface area contributed by atoms with Crippen LogP contribution < -0.4 is 0 Å². The number of aliphatic hydroxyl groups is 1. The summed E-state index contributed by atoms with van der Waals surface area (Å²) in [5, 5.41) is 18.9. The molecule has 6 nitrogen and oxygen atoms in total. The zero-order valence-corrected chi connectivity index (χ0v) is 13.7. The van der Waals surface area contributed by atoms with E-state index in [0.717, 1.165) is 16.5 Å². The Morgan fingerprint density at radius 2 is 2.09 bits per heavy atom. The summed E-state index contributed by atoms with van der Waals surface area (Å²) in [4.78, 5) is 0. The molecule has 120 valence electrons. The Bertz CT molecular complexity index is 782. The minimum Gasteiger partial charge on any atom is -0.388 e. The summed E-state index contributed by atoms with van der Waals surface area (Å²) in [7, 11) is -3.16. The van der Waals surface area contributed by atoms with Gasteiger partial charge in [0.25, 0.3) is 0 Å². The Morgan fingerprint density at radius 3 is 2.73 bits per heavy atom. The van der Waals surface area contributed by atoms with E-state index in [-0.39, 0.29) is 5.92 Å². The molecule has 0 spiro atoms. The van der Waals surface area contributed by atoms with Crippen LogP contribution in [0.2, 0.25) is 5.02 Å². The number of fused-ring (bicyclic) bond motifs is 1. The number of hydrogen-bond donors (Lipinski definition) is 2. The Hall–Kier alpha value is -1.15. The number of rotatable bonds is 3. The van der Waals surface area contributed by atoms with Gasteiger partial charge in [0.1, 0.15) is 0 Å². The largest absolute Gasteiger partial charge is 0.388 e. The fourth-order valence-corrected chi connectivity index (χ4v) is 4.16. The summed E-state index contributed by atoms with van der Waals surface area (Å²) >= 11 is 6.10. The first-order valence-electron chi connectivity index (χ1n) is 7.12. The van der Waals surface area contributed by atoms with Crippen LogP contribution in [0.1, 0.15) is 24.5 Å². The van der Waals surface area contributed by atoms with E-state index in [1.807, 2.05) is 0 Å². The lowest BCUT2D eigenvalue weighted by molar-refractivity contribution is 0.0773. The normalized spacial score (nSPS) is 19.6. The summed E-state index contributed by atoms with van der Waals surface area (Å²) in [6.07, 6.45) is 3.46. The van der Waals surface area contributed by atoms with Crippen molar-refractivity contribution in [1.29, 1.82) is 0 Å². The lowest BCUT2D eigenvalue weighted by Crippen LogP contribution is -2.39. The summed E-state index contributed by atoms with van der Waals surface area (Å²) in [5.41, 5.74) is 1.53. The SMILES string of the molecule is CS(=O)(=O)N1CCC(C(O)c2cc(Cl)cc3[nH]ncc23)CC1. The van der Waals surface area contributed by atoms with Gasteiger partial charge in [0.2, 0.25) is 10.0 Å². The number of piperidine rings is 1. The molecule has 0 bridgehead atoms. The molecular weight excluding hydrogens is 326 g/mol. The fourth-order valence-electron chi connectivity index (χ4n) is 3.06. The van der Waals surface area contributed by atoms with E-state index in [1.165, 1.54) is 10.6 Å². The molecule has 0 aliphatic carbocycles. The number of hydrogen-bond acceptors (Lipinski definition) is 4. The second-order valence-corrected chi connectivity index (χ2v) is 8.19. The lowest BCUT2D eigenvalue weighted by Gasteiger charge is -2.33. The number of benzene rings is 1. The van der Waals surface area contributed by atoms with E-state index in [4.69, 9.17) is 11.6 Å². The minimum atomic E-state index is -3.16. The molecule has 2 aromatic rings. The van der Waals surface area contributed by atoms with E-state index in [2.05, 4.69) is 10.2 Å². The van der Waals surface area contributed by atoms with Gasteiger partial charge in [-0.25, -0.2) is 12.7 Å². The number of sulfonamides is 1. The van der Waals surface area contributed by atoms with Crippen LogP contribution in [0, 0.1) is 5.92 Å². The predicted molar refractivity (Wildman–Crippen MR) is 85.2 cm³/mol. The van der Waals surface area contributed by atoms with Gasteiger partial charge in [0, 0.05) is 23.5 Å². The molecule has 3 rings (SSSR count). The Balaban J connectivity index is 1.82. The molecule has 1 fully saturated rings. The molecule has 0 amide bonds. The number of nitrogens with zero attached hydrogens (tertiary/aromatic N) is 2. The average molecular weight is 344 g/mol. The Labute approximate surface area is 134 Å². The van der Waals surface area contributed by atoms with Gasteiger partial charge >= 0.3 is 0 Å². The molecule has 0 saturated carbocycles. The fraction of sp³-hybridized carbons (Fsp3) is 0.500. The molecule has 8 heteroatoms. The van der Waals surface area contributed by atoms with Crippen LogP contribution in [0.25, 0.3) is 10.9 Å². The maximum Gasteiger partial charge on any atom is 0.211 e. The van der Waals surface area contributed by atoms with Crippen molar-refractivity contribution in [3.05, 3.63) is 28.9 Å². The molecule has 1 saturated heterocycles. The monoisotopic (exact) mass is 343 g/mol. The van der Waals surface area contributed by atoms with Gasteiger partial charge in [-0.1, -0.05) is 11.6 Å². The van der Waals surface area contributed by atoms with Gasteiger partial charge in [0.15, 0.2) is 0 Å². The van der Waals surface area contributed by atoms with Crippen molar-refractivity contribution in [3.63, 3.8) is 0 Å². The highest BCUT2D eigenvalue weighted by Crippen LogP contribution is 2.35. The van der Waals surface area contributed by atoms with Gasteiger partial charge in [-0.15, -0.1) is 0 Å². The highest BCUT2D eigenvalue weighted by Gasteiger charge is 2.30. The van der Waals surface area contributed by atoms with E-state index >= 15 is 0 Å². The summed E-state index contributed by atoms with van der Waals surface area (Å²) in [6, 6.07) is 3.53. The molecule has 2 N–H and O–H groups in total. The smallest absolute Gasteiger partial charge is 0.211 e. The van der Waals surface area contributed by atoms with Crippen LogP contribution in [0.5, 0.6) is 0 Å². The van der Waals surface area contributed by atoms with Crippen LogP contribution in [0.3, 0.4) is 0 Å². The molecule has 1 aliphatic heterocycles. The van der Waals surface area contributed by atoms with E-state index in [9.17, 15) is 13.5 Å². The molecule has 2 heterocycles. The molecule has 1 aliphatic rings. The van der Waals surface area contributed by atoms with Crippen molar-refractivity contribution < 1.29 is 13.5 Å². The second-order valence-electron chi connectivity index (χ2n) is 5.77. The van der Waals surface area contributed by atoms with Gasteiger partial charge in [-0.2, -0.15) is 5.10 Å². The van der Waals surface area contributed by atoms with Crippen molar-refractivity contribution in [2.75, 3.05) is 19.3 Å². The van der Waals surface area contributed by atoms with Crippen molar-refractivity contribution in [2.24, 2.45) is 5.92 Å². The lowest BCUT2D eigenvalue weighted by atomic mass is 9.87. The van der Waals surface area contributed by atoms with Crippen LogP contribution in [0.15, 0.2) is 18.3 Å². The number of aromatic nitrogens is 2. The highest BCUT2D eigenvalue weighted by atomic mass is 35.5. The third-order valence-corrected chi connectivity index (χ3v) is 5.81. The van der Waals surface area contributed by atoms with Crippen LogP contribution in [-0.2, 0) is 10.0 Å². The molecule has 22 heavy (non-hydrogen) atoms. The summed E-state index contributed by atoms with van der Waals surface area (Å²) < 4.78 is 24.6. The predicted octanol–water partition coefficient (Wildman–Crippen LogP) is 1.92. The standard InChI is InChI=1S/C14H18ClN3O3S/c1-22(20,21)18-4-2-9(3-5-18)14(19)11-6-10(15)7-13-12(11)8-16-17-13/h6-9,14,19H,2-5H2,1H3,(H,16,17). The third kappa shape index (κ3) is 2.99. The van der Waals surface area contributed by atoms with Gasteiger partial charge in [0.05, 0.1) is 24.1 Å². The first-order valence-corrected chi connectivity index (χ1v) is 9.34. The van der Waals surface area contributed by atoms with Crippen molar-refractivity contribution in [3.8, 4) is 0 Å².